The molecule has 0 spiro atoms. The molecule has 0 saturated carbocycles. The number of Topliss-reactive ketones (excluding diaryl/α,β-unsaturated/α-hetero) is 1. The number of aliphatic hydroxyl groups excluding tert-OH is 1. The monoisotopic (exact) mass is 698 g/mol. The third-order valence-corrected chi connectivity index (χ3v) is 11.8. The zero-order valence-electron chi connectivity index (χ0n) is 31.9. The third kappa shape index (κ3) is 6.58. The number of anilines is 3. The quantitative estimate of drug-likeness (QED) is 0.0825. The Morgan fingerprint density at radius 1 is 0.596 bits per heavy atom. The van der Waals surface area contributed by atoms with Crippen LogP contribution in [0.1, 0.15) is 136 Å². The maximum absolute atomic E-state index is 14.6. The van der Waals surface area contributed by atoms with E-state index in [1.807, 2.05) is 12.1 Å². The molecule has 0 saturated heterocycles. The largest absolute Gasteiger partial charge is 0.506 e. The molecular formula is C46H58N4O2. The van der Waals surface area contributed by atoms with E-state index in [4.69, 9.17) is 4.99 Å². The highest BCUT2D eigenvalue weighted by Gasteiger charge is 2.41. The molecule has 0 amide bonds. The molecule has 0 bridgehead atoms. The van der Waals surface area contributed by atoms with Crippen LogP contribution in [0, 0.1) is 0 Å². The van der Waals surface area contributed by atoms with Crippen molar-refractivity contribution in [3.63, 3.8) is 0 Å². The van der Waals surface area contributed by atoms with Crippen LogP contribution >= 0.6 is 0 Å². The second-order valence-corrected chi connectivity index (χ2v) is 15.6. The van der Waals surface area contributed by atoms with Crippen LogP contribution in [-0.2, 0) is 4.79 Å². The van der Waals surface area contributed by atoms with E-state index in [1.54, 1.807) is 0 Å². The highest BCUT2D eigenvalue weighted by Crippen LogP contribution is 2.48. The standard InChI is InChI=1S/C46H58N4O2/c1-5-9-13-27-45(28-14-10-6-2)47-35-21-17-19-31-23-25-33(41(49-45)37(31)35)39-43(51)40(44(39)52)34-26-24-32-20-18-22-36-38(32)42(34)50-46(48-36,29-15-11-7-3)30-16-12-8-4/h17-26,47-49,51H,5-16,27-30H2,1-4H3. The van der Waals surface area contributed by atoms with Gasteiger partial charge < -0.3 is 21.1 Å². The summed E-state index contributed by atoms with van der Waals surface area (Å²) in [6.07, 6.45) is 17.5. The van der Waals surface area contributed by atoms with Crippen molar-refractivity contribution in [1.82, 2.24) is 0 Å². The van der Waals surface area contributed by atoms with Crippen LogP contribution in [-0.4, -0.2) is 22.2 Å². The molecule has 4 aromatic rings. The number of carbonyl (C=O) groups is 1. The molecule has 2 heterocycles. The van der Waals surface area contributed by atoms with Crippen LogP contribution in [0.15, 0.2) is 71.4 Å². The Kier molecular flexibility index (Phi) is 10.6. The van der Waals surface area contributed by atoms with Crippen molar-refractivity contribution < 1.29 is 9.90 Å². The van der Waals surface area contributed by atoms with Gasteiger partial charge in [0.05, 0.1) is 22.2 Å². The SMILES string of the molecule is CCCCCC1(CCCCC)N=c2c(=C3C(=O)C(c4ccc5cccc6c5c4NC(CCCCC)(CCCCC)N6)=C3O)ccc3cccc(c23)N1. The average molecular weight is 699 g/mol. The lowest BCUT2D eigenvalue weighted by atomic mass is 9.79. The normalized spacial score (nSPS) is 17.7. The molecule has 2 aliphatic heterocycles. The molecule has 0 fully saturated rings. The number of hydrogen-bond donors (Lipinski definition) is 4. The molecule has 4 aromatic carbocycles. The maximum Gasteiger partial charge on any atom is 0.201 e. The number of ketones is 1. The smallest absolute Gasteiger partial charge is 0.201 e. The van der Waals surface area contributed by atoms with Gasteiger partial charge in [-0.2, -0.15) is 0 Å². The molecule has 52 heavy (non-hydrogen) atoms. The van der Waals surface area contributed by atoms with Crippen molar-refractivity contribution >= 4 is 55.5 Å². The summed E-state index contributed by atoms with van der Waals surface area (Å²) in [5, 5.41) is 29.8. The Labute approximate surface area is 309 Å². The van der Waals surface area contributed by atoms with Crippen molar-refractivity contribution in [2.75, 3.05) is 16.0 Å². The Balaban J connectivity index is 1.39. The fourth-order valence-electron chi connectivity index (χ4n) is 8.95. The van der Waals surface area contributed by atoms with Gasteiger partial charge in [-0.25, -0.2) is 0 Å². The number of rotatable bonds is 17. The number of aliphatic hydroxyl groups is 1. The number of hydrogen-bond acceptors (Lipinski definition) is 6. The Bertz CT molecular complexity index is 2110. The van der Waals surface area contributed by atoms with Gasteiger partial charge >= 0.3 is 0 Å². The van der Waals surface area contributed by atoms with Crippen LogP contribution in [0.4, 0.5) is 17.1 Å². The van der Waals surface area contributed by atoms with E-state index in [2.05, 4.69) is 92.2 Å². The minimum absolute atomic E-state index is 0.0744. The highest BCUT2D eigenvalue weighted by molar-refractivity contribution is 6.52. The first-order valence-electron chi connectivity index (χ1n) is 20.4. The molecular weight excluding hydrogens is 641 g/mol. The Morgan fingerprint density at radius 3 is 1.75 bits per heavy atom. The van der Waals surface area contributed by atoms with Crippen LogP contribution in [0.25, 0.3) is 32.7 Å². The topological polar surface area (TPSA) is 85.8 Å². The number of allylic oxidation sites excluding steroid dienone is 2. The molecule has 6 nitrogen and oxygen atoms in total. The van der Waals surface area contributed by atoms with Crippen LogP contribution < -0.4 is 26.5 Å². The van der Waals surface area contributed by atoms with E-state index in [9.17, 15) is 9.90 Å². The first-order valence-corrected chi connectivity index (χ1v) is 20.4. The molecule has 0 aromatic heterocycles. The predicted octanol–water partition coefficient (Wildman–Crippen LogP) is 11.3. The summed E-state index contributed by atoms with van der Waals surface area (Å²) in [5.74, 6) is -0.0387. The Hall–Kier alpha value is -4.32. The van der Waals surface area contributed by atoms with Gasteiger partial charge in [0.15, 0.2) is 0 Å². The van der Waals surface area contributed by atoms with Gasteiger partial charge in [0, 0.05) is 32.9 Å². The van der Waals surface area contributed by atoms with Crippen LogP contribution in [0.5, 0.6) is 0 Å². The van der Waals surface area contributed by atoms with Gasteiger partial charge in [-0.15, -0.1) is 0 Å². The fourth-order valence-corrected chi connectivity index (χ4v) is 8.95. The fraction of sp³-hybridized carbons (Fsp3) is 0.478. The summed E-state index contributed by atoms with van der Waals surface area (Å²) >= 11 is 0. The predicted molar refractivity (Wildman–Crippen MR) is 220 cm³/mol. The van der Waals surface area contributed by atoms with Crippen molar-refractivity contribution in [3.8, 4) is 0 Å². The van der Waals surface area contributed by atoms with E-state index in [-0.39, 0.29) is 17.2 Å². The zero-order chi connectivity index (χ0) is 36.3. The van der Waals surface area contributed by atoms with Gasteiger partial charge in [-0.3, -0.25) is 9.79 Å². The summed E-state index contributed by atoms with van der Waals surface area (Å²) in [6.45, 7) is 8.98. The first-order chi connectivity index (χ1) is 25.4. The molecule has 1 aliphatic carbocycles. The van der Waals surface area contributed by atoms with E-state index in [0.717, 1.165) is 145 Å². The van der Waals surface area contributed by atoms with E-state index < -0.39 is 5.66 Å². The minimum atomic E-state index is -0.439. The maximum atomic E-state index is 14.6. The van der Waals surface area contributed by atoms with Gasteiger partial charge in [0.2, 0.25) is 5.78 Å². The van der Waals surface area contributed by atoms with Gasteiger partial charge in [0.1, 0.15) is 17.1 Å². The number of nitrogens with zero attached hydrogens (tertiary/aromatic N) is 1. The van der Waals surface area contributed by atoms with Gasteiger partial charge in [-0.05, 0) is 74.3 Å². The van der Waals surface area contributed by atoms with Crippen molar-refractivity contribution in [2.45, 2.75) is 142 Å². The number of nitrogens with one attached hydrogen (secondary N) is 3. The zero-order valence-corrected chi connectivity index (χ0v) is 31.9. The summed E-state index contributed by atoms with van der Waals surface area (Å²) in [4.78, 5) is 20.2. The van der Waals surface area contributed by atoms with Crippen LogP contribution in [0.3, 0.4) is 0 Å². The second-order valence-electron chi connectivity index (χ2n) is 15.6. The molecule has 0 radical (unpaired) electrons. The lowest BCUT2D eigenvalue weighted by molar-refractivity contribution is -0.109. The lowest BCUT2D eigenvalue weighted by Crippen LogP contribution is -2.48. The van der Waals surface area contributed by atoms with E-state index >= 15 is 0 Å². The summed E-state index contributed by atoms with van der Waals surface area (Å²) in [7, 11) is 0. The molecule has 6 heteroatoms. The lowest BCUT2D eigenvalue weighted by Gasteiger charge is -2.43. The van der Waals surface area contributed by atoms with Crippen molar-refractivity contribution in [2.24, 2.45) is 4.99 Å². The van der Waals surface area contributed by atoms with Crippen LogP contribution in [0.2, 0.25) is 0 Å². The molecule has 7 rings (SSSR count). The number of benzene rings is 4. The van der Waals surface area contributed by atoms with Gasteiger partial charge in [0.25, 0.3) is 0 Å². The molecule has 274 valence electrons. The summed E-state index contributed by atoms with van der Waals surface area (Å²) in [5.41, 5.74) is 3.93. The summed E-state index contributed by atoms with van der Waals surface area (Å²) < 4.78 is 0. The van der Waals surface area contributed by atoms with E-state index in [0.29, 0.717) is 11.1 Å². The number of carbonyl (C=O) groups excluding carboxylic acids is 1. The van der Waals surface area contributed by atoms with E-state index in [1.165, 1.54) is 12.8 Å². The molecule has 0 unspecified atom stereocenters. The molecule has 0 atom stereocenters. The Morgan fingerprint density at radius 2 is 1.15 bits per heavy atom. The molecule has 4 N–H and O–H groups in total. The summed E-state index contributed by atoms with van der Waals surface area (Å²) in [6, 6.07) is 21.0. The third-order valence-electron chi connectivity index (χ3n) is 11.8. The van der Waals surface area contributed by atoms with Crippen molar-refractivity contribution in [3.05, 3.63) is 82.6 Å². The van der Waals surface area contributed by atoms with Gasteiger partial charge in [-0.1, -0.05) is 128 Å². The molecule has 3 aliphatic rings. The number of unbranched alkanes of at least 4 members (excludes halogenated alkanes) is 8. The second kappa shape index (κ2) is 15.3. The average Bonchev–Trinajstić information content (AvgIpc) is 3.14. The van der Waals surface area contributed by atoms with Crippen molar-refractivity contribution in [1.29, 1.82) is 0 Å². The minimum Gasteiger partial charge on any atom is -0.506 e. The highest BCUT2D eigenvalue weighted by atomic mass is 16.3. The first kappa shape index (κ1) is 36.1.